The van der Waals surface area contributed by atoms with Gasteiger partial charge in [-0.15, -0.1) is 0 Å². The molecule has 57 heavy (non-hydrogen) atoms. The first-order chi connectivity index (χ1) is 27.6. The zero-order valence-corrected chi connectivity index (χ0v) is 36.0. The van der Waals surface area contributed by atoms with Crippen LogP contribution >= 0.6 is 7.82 Å². The Morgan fingerprint density at radius 1 is 0.561 bits per heavy atom. The summed E-state index contributed by atoms with van der Waals surface area (Å²) in [6.07, 6.45) is 46.4. The van der Waals surface area contributed by atoms with Crippen LogP contribution in [0.1, 0.15) is 162 Å². The second-order valence-electron chi connectivity index (χ2n) is 14.2. The number of allylic oxidation sites excluding steroid dienone is 12. The summed E-state index contributed by atoms with van der Waals surface area (Å²) in [5.74, 6) is -2.44. The molecule has 0 spiro atoms. The average Bonchev–Trinajstić information content (AvgIpc) is 3.18. The summed E-state index contributed by atoms with van der Waals surface area (Å²) in [5.41, 5.74) is 0. The van der Waals surface area contributed by atoms with E-state index >= 15 is 0 Å². The molecule has 0 aromatic rings. The third-order valence-electron chi connectivity index (χ3n) is 8.72. The number of esters is 1. The highest BCUT2D eigenvalue weighted by atomic mass is 31.2. The van der Waals surface area contributed by atoms with E-state index < -0.39 is 57.6 Å². The van der Waals surface area contributed by atoms with Gasteiger partial charge in [0, 0.05) is 12.8 Å². The number of phosphoric acid groups is 1. The number of ether oxygens (including phenoxy) is 1. The number of carboxylic acid groups (broad SMARTS) is 1. The SMILES string of the molecule is CCCC/C=C\C/C=C\CCCCCCCC(=O)OCC(O)COP(=O)(O)OCC(NC(=O)CCCCC/C=C\C/C=C\C/C=C\C/C=C\CCCCC)C(=O)O. The van der Waals surface area contributed by atoms with Crippen LogP contribution < -0.4 is 5.32 Å². The van der Waals surface area contributed by atoms with Gasteiger partial charge in [0.1, 0.15) is 12.7 Å². The van der Waals surface area contributed by atoms with Crippen LogP contribution in [0.5, 0.6) is 0 Å². The summed E-state index contributed by atoms with van der Waals surface area (Å²) in [7, 11) is -4.77. The quantitative estimate of drug-likeness (QED) is 0.0203. The number of unbranched alkanes of at least 4 members (excludes halogenated alkanes) is 13. The number of hydrogen-bond acceptors (Lipinski definition) is 8. The van der Waals surface area contributed by atoms with Gasteiger partial charge in [-0.25, -0.2) is 9.36 Å². The van der Waals surface area contributed by atoms with Crippen molar-refractivity contribution in [1.82, 2.24) is 5.32 Å². The van der Waals surface area contributed by atoms with E-state index in [9.17, 15) is 34.1 Å². The van der Waals surface area contributed by atoms with Crippen molar-refractivity contribution in [2.75, 3.05) is 19.8 Å². The van der Waals surface area contributed by atoms with Crippen LogP contribution in [0.2, 0.25) is 0 Å². The van der Waals surface area contributed by atoms with E-state index in [2.05, 4.69) is 92.1 Å². The monoisotopic (exact) mass is 822 g/mol. The topological polar surface area (TPSA) is 169 Å². The third kappa shape index (κ3) is 39.5. The maximum atomic E-state index is 12.3. The first-order valence-electron chi connectivity index (χ1n) is 21.5. The number of carbonyl (C=O) groups excluding carboxylic acids is 2. The number of aliphatic hydroxyl groups is 1. The standard InChI is InChI=1S/C45H76NO10P/c1-3-5-7-9-11-13-15-17-19-20-21-22-23-24-26-28-30-32-34-36-43(48)46-42(45(50)51)40-56-57(52,53)55-39-41(47)38-54-44(49)37-35-33-31-29-27-25-18-16-14-12-10-8-6-4-2/h10-13,16-19,21-22,24,26,41-42,47H,3-9,14-15,20,23,25,27-40H2,1-2H3,(H,46,48)(H,50,51)(H,52,53)/b12-10-,13-11-,18-16-,19-17-,22-21-,26-24-. The Hall–Kier alpha value is -3.08. The minimum atomic E-state index is -4.77. The average molecular weight is 822 g/mol. The molecule has 0 radical (unpaired) electrons. The highest BCUT2D eigenvalue weighted by molar-refractivity contribution is 7.47. The number of nitrogens with one attached hydrogen (secondary N) is 1. The molecule has 326 valence electrons. The van der Waals surface area contributed by atoms with Crippen molar-refractivity contribution in [3.63, 3.8) is 0 Å². The van der Waals surface area contributed by atoms with E-state index in [0.717, 1.165) is 89.9 Å². The third-order valence-corrected chi connectivity index (χ3v) is 9.67. The van der Waals surface area contributed by atoms with Crippen LogP contribution in [0.4, 0.5) is 0 Å². The molecule has 4 N–H and O–H groups in total. The Kier molecular flexibility index (Phi) is 37.6. The predicted molar refractivity (Wildman–Crippen MR) is 231 cm³/mol. The van der Waals surface area contributed by atoms with Crippen molar-refractivity contribution in [2.24, 2.45) is 0 Å². The maximum Gasteiger partial charge on any atom is 0.472 e. The van der Waals surface area contributed by atoms with Crippen LogP contribution in [-0.4, -0.2) is 64.9 Å². The molecule has 11 nitrogen and oxygen atoms in total. The fourth-order valence-corrected chi connectivity index (χ4v) is 6.09. The van der Waals surface area contributed by atoms with Crippen molar-refractivity contribution in [3.05, 3.63) is 72.9 Å². The number of aliphatic carboxylic acids is 1. The van der Waals surface area contributed by atoms with Crippen molar-refractivity contribution in [2.45, 2.75) is 174 Å². The lowest BCUT2D eigenvalue weighted by Crippen LogP contribution is -2.43. The Labute approximate surface area is 344 Å². The highest BCUT2D eigenvalue weighted by Gasteiger charge is 2.28. The van der Waals surface area contributed by atoms with Crippen molar-refractivity contribution in [3.8, 4) is 0 Å². The molecule has 0 aliphatic rings. The molecule has 1 amide bonds. The van der Waals surface area contributed by atoms with Gasteiger partial charge in [-0.2, -0.15) is 0 Å². The Morgan fingerprint density at radius 2 is 0.982 bits per heavy atom. The fraction of sp³-hybridized carbons (Fsp3) is 0.667. The number of aliphatic hydroxyl groups excluding tert-OH is 1. The van der Waals surface area contributed by atoms with E-state index in [4.69, 9.17) is 13.8 Å². The zero-order valence-electron chi connectivity index (χ0n) is 35.1. The summed E-state index contributed by atoms with van der Waals surface area (Å²) in [6.45, 7) is 2.47. The molecular formula is C45H76NO10P. The first-order valence-corrected chi connectivity index (χ1v) is 23.0. The second-order valence-corrected chi connectivity index (χ2v) is 15.6. The van der Waals surface area contributed by atoms with Gasteiger partial charge < -0.3 is 25.2 Å². The second kappa shape index (κ2) is 39.7. The minimum Gasteiger partial charge on any atom is -0.480 e. The van der Waals surface area contributed by atoms with Crippen LogP contribution in [-0.2, 0) is 32.7 Å². The molecule has 0 aliphatic carbocycles. The number of carboxylic acids is 1. The molecule has 0 aromatic carbocycles. The largest absolute Gasteiger partial charge is 0.480 e. The first kappa shape index (κ1) is 53.9. The highest BCUT2D eigenvalue weighted by Crippen LogP contribution is 2.43. The Bertz CT molecular complexity index is 1240. The maximum absolute atomic E-state index is 12.3. The molecule has 3 unspecified atom stereocenters. The van der Waals surface area contributed by atoms with Gasteiger partial charge >= 0.3 is 19.8 Å². The molecule has 0 aliphatic heterocycles. The zero-order chi connectivity index (χ0) is 42.1. The molecule has 12 heteroatoms. The van der Waals surface area contributed by atoms with Gasteiger partial charge in [-0.1, -0.05) is 138 Å². The molecule has 3 atom stereocenters. The summed E-state index contributed by atoms with van der Waals surface area (Å²) in [5, 5.41) is 21.8. The summed E-state index contributed by atoms with van der Waals surface area (Å²) >= 11 is 0. The van der Waals surface area contributed by atoms with E-state index in [1.165, 1.54) is 32.1 Å². The number of hydrogen-bond donors (Lipinski definition) is 4. The van der Waals surface area contributed by atoms with Gasteiger partial charge in [0.2, 0.25) is 5.91 Å². The van der Waals surface area contributed by atoms with Gasteiger partial charge in [0.15, 0.2) is 6.04 Å². The fourth-order valence-electron chi connectivity index (χ4n) is 5.31. The Balaban J connectivity index is 4.01. The lowest BCUT2D eigenvalue weighted by molar-refractivity contribution is -0.147. The van der Waals surface area contributed by atoms with Crippen molar-refractivity contribution >= 4 is 25.7 Å². The molecule has 0 saturated carbocycles. The van der Waals surface area contributed by atoms with E-state index in [1.807, 2.05) is 0 Å². The lowest BCUT2D eigenvalue weighted by atomic mass is 10.1. The van der Waals surface area contributed by atoms with Crippen LogP contribution in [0.3, 0.4) is 0 Å². The molecule has 0 aromatic heterocycles. The van der Waals surface area contributed by atoms with Gasteiger partial charge in [-0.3, -0.25) is 18.6 Å². The number of phosphoric ester groups is 1. The van der Waals surface area contributed by atoms with Gasteiger partial charge in [-0.05, 0) is 83.5 Å². The number of carbonyl (C=O) groups is 3. The molecule has 0 saturated heterocycles. The van der Waals surface area contributed by atoms with Crippen LogP contribution in [0.15, 0.2) is 72.9 Å². The number of rotatable bonds is 39. The van der Waals surface area contributed by atoms with E-state index in [0.29, 0.717) is 12.8 Å². The summed E-state index contributed by atoms with van der Waals surface area (Å²) in [6, 6.07) is -1.57. The van der Waals surface area contributed by atoms with Crippen LogP contribution in [0, 0.1) is 0 Å². The summed E-state index contributed by atoms with van der Waals surface area (Å²) < 4.78 is 26.8. The van der Waals surface area contributed by atoms with Crippen molar-refractivity contribution in [1.29, 1.82) is 0 Å². The minimum absolute atomic E-state index is 0.103. The predicted octanol–water partition coefficient (Wildman–Crippen LogP) is 10.9. The molecule has 0 rings (SSSR count). The smallest absolute Gasteiger partial charge is 0.472 e. The van der Waals surface area contributed by atoms with Gasteiger partial charge in [0.05, 0.1) is 13.2 Å². The molecule has 0 bridgehead atoms. The van der Waals surface area contributed by atoms with Crippen LogP contribution in [0.25, 0.3) is 0 Å². The lowest BCUT2D eigenvalue weighted by Gasteiger charge is -2.18. The molecule has 0 fully saturated rings. The molecular weight excluding hydrogens is 745 g/mol. The summed E-state index contributed by atoms with van der Waals surface area (Å²) in [4.78, 5) is 45.9. The normalized spacial score (nSPS) is 14.5. The number of amides is 1. The Morgan fingerprint density at radius 3 is 1.51 bits per heavy atom. The molecule has 0 heterocycles. The van der Waals surface area contributed by atoms with E-state index in [1.54, 1.807) is 0 Å². The van der Waals surface area contributed by atoms with E-state index in [-0.39, 0.29) is 12.8 Å². The van der Waals surface area contributed by atoms with Crippen molar-refractivity contribution < 1.29 is 47.8 Å². The van der Waals surface area contributed by atoms with Gasteiger partial charge in [0.25, 0.3) is 0 Å².